The molecular formula is C19H26ClN3OS. The summed E-state index contributed by atoms with van der Waals surface area (Å²) in [5, 5.41) is 3.07. The van der Waals surface area contributed by atoms with E-state index in [1.165, 1.54) is 16.9 Å². The predicted molar refractivity (Wildman–Crippen MR) is 106 cm³/mol. The topological polar surface area (TPSA) is 35.6 Å². The van der Waals surface area contributed by atoms with E-state index in [9.17, 15) is 4.79 Å². The van der Waals surface area contributed by atoms with Crippen LogP contribution in [0.3, 0.4) is 0 Å². The lowest BCUT2D eigenvalue weighted by molar-refractivity contribution is 0.189. The van der Waals surface area contributed by atoms with Gasteiger partial charge in [-0.3, -0.25) is 4.90 Å². The van der Waals surface area contributed by atoms with Crippen molar-refractivity contribution in [2.75, 3.05) is 26.7 Å². The quantitative estimate of drug-likeness (QED) is 0.726. The maximum atomic E-state index is 12.5. The van der Waals surface area contributed by atoms with E-state index < -0.39 is 0 Å². The molecule has 2 rings (SSSR count). The molecule has 2 amide bonds. The van der Waals surface area contributed by atoms with Gasteiger partial charge >= 0.3 is 6.03 Å². The summed E-state index contributed by atoms with van der Waals surface area (Å²) < 4.78 is 0.745. The van der Waals surface area contributed by atoms with Crippen LogP contribution in [-0.2, 0) is 6.54 Å². The van der Waals surface area contributed by atoms with Gasteiger partial charge in [0.2, 0.25) is 0 Å². The summed E-state index contributed by atoms with van der Waals surface area (Å²) in [4.78, 5) is 17.6. The van der Waals surface area contributed by atoms with E-state index in [1.54, 1.807) is 11.9 Å². The van der Waals surface area contributed by atoms with E-state index in [-0.39, 0.29) is 12.1 Å². The number of likely N-dealkylation sites (N-methyl/N-ethyl adjacent to an activating group) is 1. The summed E-state index contributed by atoms with van der Waals surface area (Å²) in [5.41, 5.74) is 1.22. The van der Waals surface area contributed by atoms with Crippen LogP contribution in [0, 0.1) is 0 Å². The summed E-state index contributed by atoms with van der Waals surface area (Å²) in [5.74, 6) is 0. The zero-order valence-electron chi connectivity index (χ0n) is 15.0. The molecule has 1 aromatic heterocycles. The van der Waals surface area contributed by atoms with Gasteiger partial charge in [0.15, 0.2) is 0 Å². The van der Waals surface area contributed by atoms with E-state index in [0.717, 1.165) is 22.3 Å². The van der Waals surface area contributed by atoms with Gasteiger partial charge in [0.05, 0.1) is 16.9 Å². The van der Waals surface area contributed by atoms with Gasteiger partial charge in [0.1, 0.15) is 0 Å². The molecular weight excluding hydrogens is 354 g/mol. The lowest BCUT2D eigenvalue weighted by Gasteiger charge is -2.31. The molecule has 0 spiro atoms. The zero-order chi connectivity index (χ0) is 18.2. The van der Waals surface area contributed by atoms with Crippen molar-refractivity contribution in [3.8, 4) is 0 Å². The van der Waals surface area contributed by atoms with Crippen molar-refractivity contribution in [3.05, 3.63) is 57.2 Å². The molecule has 0 fully saturated rings. The highest BCUT2D eigenvalue weighted by Gasteiger charge is 2.19. The van der Waals surface area contributed by atoms with Crippen LogP contribution in [0.25, 0.3) is 0 Å². The van der Waals surface area contributed by atoms with Gasteiger partial charge in [0, 0.05) is 18.5 Å². The van der Waals surface area contributed by atoms with Crippen molar-refractivity contribution in [1.82, 2.24) is 15.1 Å². The number of halogens is 1. The number of hydrogen-bond acceptors (Lipinski definition) is 3. The fourth-order valence-corrected chi connectivity index (χ4v) is 4.00. The molecule has 0 saturated carbocycles. The van der Waals surface area contributed by atoms with E-state index in [0.29, 0.717) is 13.1 Å². The fourth-order valence-electron chi connectivity index (χ4n) is 2.86. The van der Waals surface area contributed by atoms with Crippen LogP contribution in [0.2, 0.25) is 4.34 Å². The van der Waals surface area contributed by atoms with E-state index >= 15 is 0 Å². The Morgan fingerprint density at radius 3 is 2.40 bits per heavy atom. The number of carbonyl (C=O) groups is 1. The third kappa shape index (κ3) is 5.73. The minimum atomic E-state index is -0.0717. The molecule has 1 heterocycles. The van der Waals surface area contributed by atoms with Gasteiger partial charge in [-0.25, -0.2) is 4.79 Å². The normalized spacial score (nSPS) is 12.2. The van der Waals surface area contributed by atoms with Gasteiger partial charge in [-0.15, -0.1) is 11.3 Å². The third-order valence-corrected chi connectivity index (χ3v) is 5.47. The van der Waals surface area contributed by atoms with Crippen molar-refractivity contribution in [1.29, 1.82) is 0 Å². The Bertz CT molecular complexity index is 658. The lowest BCUT2D eigenvalue weighted by Crippen LogP contribution is -2.42. The van der Waals surface area contributed by atoms with Crippen molar-refractivity contribution >= 4 is 29.0 Å². The average Bonchev–Trinajstić information content (AvgIpc) is 3.03. The summed E-state index contributed by atoms with van der Waals surface area (Å²) in [6.45, 7) is 7.32. The Morgan fingerprint density at radius 1 is 1.16 bits per heavy atom. The first kappa shape index (κ1) is 19.8. The maximum Gasteiger partial charge on any atom is 0.317 e. The summed E-state index contributed by atoms with van der Waals surface area (Å²) in [6.07, 6.45) is 0. The number of amides is 2. The van der Waals surface area contributed by atoms with Crippen molar-refractivity contribution in [2.24, 2.45) is 0 Å². The predicted octanol–water partition coefficient (Wildman–Crippen LogP) is 4.63. The molecule has 4 nitrogen and oxygen atoms in total. The number of benzene rings is 1. The number of rotatable bonds is 8. The molecule has 1 aromatic carbocycles. The summed E-state index contributed by atoms with van der Waals surface area (Å²) >= 11 is 7.46. The number of nitrogens with zero attached hydrogens (tertiary/aromatic N) is 2. The second-order valence-electron chi connectivity index (χ2n) is 5.90. The van der Waals surface area contributed by atoms with Crippen molar-refractivity contribution in [3.63, 3.8) is 0 Å². The fraction of sp³-hybridized carbons (Fsp3) is 0.421. The molecule has 1 atom stereocenters. The highest BCUT2D eigenvalue weighted by atomic mass is 35.5. The number of nitrogens with one attached hydrogen (secondary N) is 1. The molecule has 0 bridgehead atoms. The average molecular weight is 380 g/mol. The Labute approximate surface area is 159 Å². The van der Waals surface area contributed by atoms with E-state index in [4.69, 9.17) is 11.6 Å². The van der Waals surface area contributed by atoms with Gasteiger partial charge in [-0.05, 0) is 30.8 Å². The van der Waals surface area contributed by atoms with Crippen molar-refractivity contribution < 1.29 is 4.79 Å². The van der Waals surface area contributed by atoms with Gasteiger partial charge < -0.3 is 10.2 Å². The molecule has 1 N–H and O–H groups in total. The Kier molecular flexibility index (Phi) is 7.75. The molecule has 6 heteroatoms. The Balaban J connectivity index is 1.98. The lowest BCUT2D eigenvalue weighted by atomic mass is 10.1. The minimum Gasteiger partial charge on any atom is -0.336 e. The van der Waals surface area contributed by atoms with Crippen LogP contribution >= 0.6 is 22.9 Å². The second kappa shape index (κ2) is 9.80. The second-order valence-corrected chi connectivity index (χ2v) is 7.70. The number of thiophene rings is 1. The number of carbonyl (C=O) groups excluding carboxylic acids is 1. The van der Waals surface area contributed by atoms with Crippen LogP contribution in [0.15, 0.2) is 42.5 Å². The zero-order valence-corrected chi connectivity index (χ0v) is 16.6. The monoisotopic (exact) mass is 379 g/mol. The number of urea groups is 1. The van der Waals surface area contributed by atoms with Crippen LogP contribution in [0.1, 0.15) is 30.3 Å². The smallest absolute Gasteiger partial charge is 0.317 e. The molecule has 0 aliphatic heterocycles. The third-order valence-electron chi connectivity index (χ3n) is 4.25. The highest BCUT2D eigenvalue weighted by molar-refractivity contribution is 7.16. The molecule has 0 aliphatic rings. The van der Waals surface area contributed by atoms with Gasteiger partial charge in [0.25, 0.3) is 0 Å². The minimum absolute atomic E-state index is 0.0717. The highest BCUT2D eigenvalue weighted by Crippen LogP contribution is 2.23. The van der Waals surface area contributed by atoms with Crippen molar-refractivity contribution in [2.45, 2.75) is 26.4 Å². The Morgan fingerprint density at radius 2 is 1.84 bits per heavy atom. The molecule has 0 saturated heterocycles. The van der Waals surface area contributed by atoms with Crippen LogP contribution in [-0.4, -0.2) is 42.5 Å². The van der Waals surface area contributed by atoms with E-state index in [1.807, 2.05) is 30.3 Å². The molecule has 0 aliphatic carbocycles. The molecule has 0 radical (unpaired) electrons. The van der Waals surface area contributed by atoms with Gasteiger partial charge in [-0.1, -0.05) is 55.8 Å². The van der Waals surface area contributed by atoms with Crippen LogP contribution < -0.4 is 5.32 Å². The summed E-state index contributed by atoms with van der Waals surface area (Å²) in [6, 6.07) is 14.3. The molecule has 2 aromatic rings. The van der Waals surface area contributed by atoms with Crippen LogP contribution in [0.4, 0.5) is 4.79 Å². The largest absolute Gasteiger partial charge is 0.336 e. The van der Waals surface area contributed by atoms with Gasteiger partial charge in [-0.2, -0.15) is 0 Å². The molecule has 136 valence electrons. The molecule has 25 heavy (non-hydrogen) atoms. The SMILES string of the molecule is CCN(CC)C(CNC(=O)N(C)Cc1ccc(Cl)s1)c1ccccc1. The first-order chi connectivity index (χ1) is 12.0. The summed E-state index contributed by atoms with van der Waals surface area (Å²) in [7, 11) is 1.80. The number of hydrogen-bond donors (Lipinski definition) is 1. The molecule has 1 unspecified atom stereocenters. The standard InChI is InChI=1S/C19H26ClN3OS/c1-4-23(5-2)17(15-9-7-6-8-10-15)13-21-19(24)22(3)14-16-11-12-18(20)25-16/h6-12,17H,4-5,13-14H2,1-3H3,(H,21,24). The Hall–Kier alpha value is -1.56. The first-order valence-electron chi connectivity index (χ1n) is 8.57. The maximum absolute atomic E-state index is 12.5. The van der Waals surface area contributed by atoms with E-state index in [2.05, 4.69) is 36.2 Å². The first-order valence-corrected chi connectivity index (χ1v) is 9.76. The van der Waals surface area contributed by atoms with Crippen LogP contribution in [0.5, 0.6) is 0 Å².